The van der Waals surface area contributed by atoms with Gasteiger partial charge in [-0.3, -0.25) is 4.79 Å². The summed E-state index contributed by atoms with van der Waals surface area (Å²) in [6.07, 6.45) is 0. The van der Waals surface area contributed by atoms with Crippen molar-refractivity contribution in [1.82, 2.24) is 5.32 Å². The second-order valence-electron chi connectivity index (χ2n) is 4.41. The van der Waals surface area contributed by atoms with Crippen LogP contribution < -0.4 is 10.1 Å². The zero-order valence-electron chi connectivity index (χ0n) is 10.8. The van der Waals surface area contributed by atoms with Crippen molar-refractivity contribution in [2.75, 3.05) is 13.2 Å². The van der Waals surface area contributed by atoms with Crippen LogP contribution in [0.25, 0.3) is 0 Å². The van der Waals surface area contributed by atoms with E-state index >= 15 is 0 Å². The highest BCUT2D eigenvalue weighted by Crippen LogP contribution is 2.15. The molecule has 6 nitrogen and oxygen atoms in total. The van der Waals surface area contributed by atoms with Gasteiger partial charge in [-0.25, -0.2) is 4.79 Å². The Morgan fingerprint density at radius 3 is 2.58 bits per heavy atom. The van der Waals surface area contributed by atoms with Crippen molar-refractivity contribution in [3.63, 3.8) is 0 Å². The van der Waals surface area contributed by atoms with Gasteiger partial charge in [-0.1, -0.05) is 18.2 Å². The van der Waals surface area contributed by atoms with Gasteiger partial charge >= 0.3 is 5.97 Å². The van der Waals surface area contributed by atoms with E-state index in [1.807, 2.05) is 19.1 Å². The van der Waals surface area contributed by atoms with E-state index in [4.69, 9.17) is 9.84 Å². The zero-order valence-corrected chi connectivity index (χ0v) is 10.8. The largest absolute Gasteiger partial charge is 0.484 e. The smallest absolute Gasteiger partial charge is 0.337 e. The first kappa shape index (κ1) is 15.0. The molecule has 0 fully saturated rings. The Bertz CT molecular complexity index is 470. The van der Waals surface area contributed by atoms with Gasteiger partial charge in [-0.2, -0.15) is 0 Å². The molecule has 0 aliphatic heterocycles. The second kappa shape index (κ2) is 6.19. The van der Waals surface area contributed by atoms with E-state index in [1.165, 1.54) is 0 Å². The number of carboxylic acid groups (broad SMARTS) is 1. The van der Waals surface area contributed by atoms with Gasteiger partial charge < -0.3 is 20.3 Å². The number of benzene rings is 1. The maximum atomic E-state index is 11.5. The van der Waals surface area contributed by atoms with Gasteiger partial charge in [0.05, 0.1) is 6.54 Å². The van der Waals surface area contributed by atoms with Crippen molar-refractivity contribution in [3.8, 4) is 5.75 Å². The molecule has 1 aromatic carbocycles. The summed E-state index contributed by atoms with van der Waals surface area (Å²) < 4.78 is 5.28. The van der Waals surface area contributed by atoms with E-state index < -0.39 is 17.5 Å². The van der Waals surface area contributed by atoms with E-state index in [9.17, 15) is 14.7 Å². The molecule has 3 N–H and O–H groups in total. The minimum absolute atomic E-state index is 0.236. The molecule has 19 heavy (non-hydrogen) atoms. The molecule has 6 heteroatoms. The van der Waals surface area contributed by atoms with Crippen LogP contribution in [0, 0.1) is 6.92 Å². The summed E-state index contributed by atoms with van der Waals surface area (Å²) in [5.41, 5.74) is -1.09. The molecule has 0 spiro atoms. The molecular weight excluding hydrogens is 250 g/mol. The van der Waals surface area contributed by atoms with Gasteiger partial charge in [0.2, 0.25) is 0 Å². The Morgan fingerprint density at radius 2 is 2.00 bits per heavy atom. The van der Waals surface area contributed by atoms with Crippen LogP contribution in [0.3, 0.4) is 0 Å². The van der Waals surface area contributed by atoms with Crippen molar-refractivity contribution in [2.24, 2.45) is 0 Å². The first-order valence-corrected chi connectivity index (χ1v) is 5.74. The predicted octanol–water partition coefficient (Wildman–Crippen LogP) is 0.326. The molecule has 1 rings (SSSR count). The van der Waals surface area contributed by atoms with E-state index in [0.29, 0.717) is 5.75 Å². The van der Waals surface area contributed by atoms with Gasteiger partial charge in [0.25, 0.3) is 5.91 Å². The fraction of sp³-hybridized carbons (Fsp3) is 0.385. The number of aliphatic hydroxyl groups is 1. The summed E-state index contributed by atoms with van der Waals surface area (Å²) in [4.78, 5) is 22.1. The molecule has 1 unspecified atom stereocenters. The molecule has 1 aromatic rings. The van der Waals surface area contributed by atoms with Crippen LogP contribution >= 0.6 is 0 Å². The quantitative estimate of drug-likeness (QED) is 0.690. The number of nitrogens with one attached hydrogen (secondary N) is 1. The van der Waals surface area contributed by atoms with Crippen LogP contribution in [0.2, 0.25) is 0 Å². The monoisotopic (exact) mass is 267 g/mol. The number of para-hydroxylation sites is 1. The van der Waals surface area contributed by atoms with Crippen LogP contribution in [0.4, 0.5) is 0 Å². The van der Waals surface area contributed by atoms with Gasteiger partial charge in [0.15, 0.2) is 12.2 Å². The summed E-state index contributed by atoms with van der Waals surface area (Å²) in [5.74, 6) is -1.31. The Balaban J connectivity index is 2.41. The third-order valence-electron chi connectivity index (χ3n) is 2.54. The molecule has 0 bridgehead atoms. The van der Waals surface area contributed by atoms with E-state index in [-0.39, 0.29) is 13.2 Å². The summed E-state index contributed by atoms with van der Waals surface area (Å²) in [6.45, 7) is 2.35. The number of carbonyl (C=O) groups is 2. The lowest BCUT2D eigenvalue weighted by Gasteiger charge is -2.18. The number of hydrogen-bond donors (Lipinski definition) is 3. The summed E-state index contributed by atoms with van der Waals surface area (Å²) in [7, 11) is 0. The zero-order chi connectivity index (χ0) is 14.5. The Hall–Kier alpha value is -2.08. The SMILES string of the molecule is Cc1ccccc1OCC(=O)NCC(C)(O)C(=O)O. The maximum absolute atomic E-state index is 11.5. The fourth-order valence-electron chi connectivity index (χ4n) is 1.26. The lowest BCUT2D eigenvalue weighted by molar-refractivity contribution is -0.156. The number of ether oxygens (including phenoxy) is 1. The van der Waals surface area contributed by atoms with Crippen molar-refractivity contribution in [1.29, 1.82) is 0 Å². The summed E-state index contributed by atoms with van der Waals surface area (Å²) >= 11 is 0. The molecule has 0 aliphatic carbocycles. The lowest BCUT2D eigenvalue weighted by atomic mass is 10.1. The number of amides is 1. The summed E-state index contributed by atoms with van der Waals surface area (Å²) in [6, 6.07) is 7.22. The average molecular weight is 267 g/mol. The minimum atomic E-state index is -1.99. The average Bonchev–Trinajstić information content (AvgIpc) is 2.35. The molecule has 0 saturated heterocycles. The molecular formula is C13H17NO5. The normalized spacial score (nSPS) is 13.4. The molecule has 0 aromatic heterocycles. The molecule has 0 saturated carbocycles. The number of carboxylic acids is 1. The predicted molar refractivity (Wildman–Crippen MR) is 67.9 cm³/mol. The van der Waals surface area contributed by atoms with Crippen LogP contribution in [0.5, 0.6) is 5.75 Å². The van der Waals surface area contributed by atoms with Gasteiger partial charge in [-0.05, 0) is 25.5 Å². The third kappa shape index (κ3) is 4.59. The molecule has 1 atom stereocenters. The van der Waals surface area contributed by atoms with E-state index in [2.05, 4.69) is 5.32 Å². The highest BCUT2D eigenvalue weighted by atomic mass is 16.5. The molecule has 104 valence electrons. The van der Waals surface area contributed by atoms with Gasteiger partial charge in [-0.15, -0.1) is 0 Å². The number of aryl methyl sites for hydroxylation is 1. The highest BCUT2D eigenvalue weighted by molar-refractivity contribution is 5.80. The number of carbonyl (C=O) groups excluding carboxylic acids is 1. The van der Waals surface area contributed by atoms with Gasteiger partial charge in [0.1, 0.15) is 5.75 Å². The number of aliphatic carboxylic acids is 1. The number of rotatable bonds is 6. The van der Waals surface area contributed by atoms with Crippen LogP contribution in [0.15, 0.2) is 24.3 Å². The lowest BCUT2D eigenvalue weighted by Crippen LogP contribution is -2.47. The second-order valence-corrected chi connectivity index (χ2v) is 4.41. The third-order valence-corrected chi connectivity index (χ3v) is 2.54. The summed E-state index contributed by atoms with van der Waals surface area (Å²) in [5, 5.41) is 20.4. The fourth-order valence-corrected chi connectivity index (χ4v) is 1.26. The number of hydrogen-bond acceptors (Lipinski definition) is 4. The Morgan fingerprint density at radius 1 is 1.37 bits per heavy atom. The van der Waals surface area contributed by atoms with Crippen molar-refractivity contribution in [3.05, 3.63) is 29.8 Å². The molecule has 0 heterocycles. The van der Waals surface area contributed by atoms with Gasteiger partial charge in [0, 0.05) is 0 Å². The Kier molecular flexibility index (Phi) is 4.88. The van der Waals surface area contributed by atoms with Crippen LogP contribution in [0.1, 0.15) is 12.5 Å². The van der Waals surface area contributed by atoms with E-state index in [0.717, 1.165) is 12.5 Å². The van der Waals surface area contributed by atoms with Crippen LogP contribution in [-0.4, -0.2) is 40.8 Å². The first-order chi connectivity index (χ1) is 8.83. The van der Waals surface area contributed by atoms with Crippen molar-refractivity contribution in [2.45, 2.75) is 19.4 Å². The molecule has 1 amide bonds. The Labute approximate surface area is 111 Å². The maximum Gasteiger partial charge on any atom is 0.337 e. The molecule has 0 aliphatic rings. The van der Waals surface area contributed by atoms with Crippen molar-refractivity contribution < 1.29 is 24.5 Å². The first-order valence-electron chi connectivity index (χ1n) is 5.74. The molecule has 0 radical (unpaired) electrons. The van der Waals surface area contributed by atoms with Crippen LogP contribution in [-0.2, 0) is 9.59 Å². The topological polar surface area (TPSA) is 95.9 Å². The standard InChI is InChI=1S/C13H17NO5/c1-9-5-3-4-6-10(9)19-7-11(15)14-8-13(2,18)12(16)17/h3-6,18H,7-8H2,1-2H3,(H,14,15)(H,16,17). The highest BCUT2D eigenvalue weighted by Gasteiger charge is 2.30. The van der Waals surface area contributed by atoms with E-state index in [1.54, 1.807) is 12.1 Å². The van der Waals surface area contributed by atoms with Crippen molar-refractivity contribution >= 4 is 11.9 Å². The minimum Gasteiger partial charge on any atom is -0.484 e.